The lowest BCUT2D eigenvalue weighted by atomic mass is 10.1. The largest absolute Gasteiger partial charge is 0.493 e. The number of rotatable bonds is 18. The van der Waals surface area contributed by atoms with Crippen molar-refractivity contribution in [3.63, 3.8) is 0 Å². The van der Waals surface area contributed by atoms with Crippen LogP contribution in [-0.4, -0.2) is 19.0 Å². The van der Waals surface area contributed by atoms with Crippen molar-refractivity contribution < 1.29 is 19.1 Å². The number of esters is 1. The second-order valence-corrected chi connectivity index (χ2v) is 8.27. The van der Waals surface area contributed by atoms with Crippen LogP contribution in [0.3, 0.4) is 0 Å². The molecule has 1 rings (SSSR count). The molecule has 0 atom stereocenters. The molecular formula is C26H43NO4. The van der Waals surface area contributed by atoms with E-state index in [2.05, 4.69) is 19.2 Å². The maximum atomic E-state index is 12.1. The molecule has 5 heteroatoms. The Bertz CT molecular complexity index is 630. The minimum absolute atomic E-state index is 0.0731. The van der Waals surface area contributed by atoms with Crippen molar-refractivity contribution in [1.82, 2.24) is 5.32 Å². The molecule has 0 bridgehead atoms. The molecule has 1 amide bonds. The number of carbonyl (C=O) groups excluding carboxylic acids is 2. The lowest BCUT2D eigenvalue weighted by Crippen LogP contribution is -2.22. The highest BCUT2D eigenvalue weighted by Gasteiger charge is 2.11. The highest BCUT2D eigenvalue weighted by molar-refractivity contribution is 5.76. The maximum absolute atomic E-state index is 12.1. The Kier molecular flexibility index (Phi) is 15.3. The average Bonchev–Trinajstić information content (AvgIpc) is 2.77. The van der Waals surface area contributed by atoms with Gasteiger partial charge in [0.05, 0.1) is 7.11 Å². The first-order chi connectivity index (χ1) is 15.1. The summed E-state index contributed by atoms with van der Waals surface area (Å²) in [6, 6.07) is 5.42. The molecule has 0 saturated carbocycles. The fraction of sp³-hybridized carbons (Fsp3) is 0.692. The number of hydrogen-bond donors (Lipinski definition) is 1. The summed E-state index contributed by atoms with van der Waals surface area (Å²) in [6.07, 6.45) is 14.8. The quantitative estimate of drug-likeness (QED) is 0.159. The zero-order valence-electron chi connectivity index (χ0n) is 20.0. The van der Waals surface area contributed by atoms with E-state index in [1.165, 1.54) is 51.4 Å². The van der Waals surface area contributed by atoms with Gasteiger partial charge in [-0.3, -0.25) is 9.59 Å². The summed E-state index contributed by atoms with van der Waals surface area (Å²) in [5, 5.41) is 2.96. The predicted molar refractivity (Wildman–Crippen MR) is 126 cm³/mol. The zero-order chi connectivity index (χ0) is 22.7. The van der Waals surface area contributed by atoms with Crippen molar-refractivity contribution in [2.75, 3.05) is 7.11 Å². The normalized spacial score (nSPS) is 10.7. The highest BCUT2D eigenvalue weighted by Crippen LogP contribution is 2.28. The van der Waals surface area contributed by atoms with Gasteiger partial charge in [0.25, 0.3) is 0 Å². The third kappa shape index (κ3) is 13.1. The van der Waals surface area contributed by atoms with Crippen LogP contribution in [-0.2, 0) is 16.1 Å². The Morgan fingerprint density at radius 1 is 0.774 bits per heavy atom. The second-order valence-electron chi connectivity index (χ2n) is 8.27. The first-order valence-corrected chi connectivity index (χ1v) is 12.2. The van der Waals surface area contributed by atoms with E-state index in [0.29, 0.717) is 30.9 Å². The van der Waals surface area contributed by atoms with Crippen molar-refractivity contribution in [2.24, 2.45) is 0 Å². The number of carbonyl (C=O) groups is 2. The van der Waals surface area contributed by atoms with E-state index in [-0.39, 0.29) is 11.9 Å². The van der Waals surface area contributed by atoms with Crippen molar-refractivity contribution in [2.45, 2.75) is 110 Å². The van der Waals surface area contributed by atoms with E-state index in [0.717, 1.165) is 31.2 Å². The predicted octanol–water partition coefficient (Wildman–Crippen LogP) is 6.72. The van der Waals surface area contributed by atoms with Gasteiger partial charge in [-0.25, -0.2) is 0 Å². The monoisotopic (exact) mass is 433 g/mol. The molecule has 31 heavy (non-hydrogen) atoms. The van der Waals surface area contributed by atoms with Gasteiger partial charge < -0.3 is 14.8 Å². The molecule has 5 nitrogen and oxygen atoms in total. The van der Waals surface area contributed by atoms with Gasteiger partial charge in [-0.1, -0.05) is 84.1 Å². The van der Waals surface area contributed by atoms with Crippen molar-refractivity contribution in [3.8, 4) is 11.5 Å². The molecule has 0 aliphatic carbocycles. The molecule has 0 unspecified atom stereocenters. The van der Waals surface area contributed by atoms with Gasteiger partial charge >= 0.3 is 5.97 Å². The first-order valence-electron chi connectivity index (χ1n) is 12.2. The maximum Gasteiger partial charge on any atom is 0.311 e. The molecule has 1 aromatic carbocycles. The van der Waals surface area contributed by atoms with Gasteiger partial charge in [-0.15, -0.1) is 0 Å². The zero-order valence-corrected chi connectivity index (χ0v) is 20.0. The van der Waals surface area contributed by atoms with Crippen LogP contribution in [0.15, 0.2) is 18.2 Å². The van der Waals surface area contributed by atoms with Crippen molar-refractivity contribution >= 4 is 11.9 Å². The number of hydrogen-bond acceptors (Lipinski definition) is 4. The van der Waals surface area contributed by atoms with E-state index in [1.807, 2.05) is 12.1 Å². The lowest BCUT2D eigenvalue weighted by molar-refractivity contribution is -0.134. The SMILES string of the molecule is CCCCCCCCC(=O)NCc1ccc(OC(=O)CCCCCCCC)c(OC)c1. The Labute approximate surface area is 189 Å². The summed E-state index contributed by atoms with van der Waals surface area (Å²) in [7, 11) is 1.56. The van der Waals surface area contributed by atoms with Crippen LogP contribution in [0.1, 0.15) is 109 Å². The fourth-order valence-electron chi connectivity index (χ4n) is 3.48. The number of methoxy groups -OCH3 is 1. The van der Waals surface area contributed by atoms with Gasteiger partial charge in [0, 0.05) is 19.4 Å². The number of benzene rings is 1. The number of unbranched alkanes of at least 4 members (excludes halogenated alkanes) is 10. The molecule has 1 aromatic rings. The second kappa shape index (κ2) is 17.6. The van der Waals surface area contributed by atoms with Crippen LogP contribution < -0.4 is 14.8 Å². The number of amides is 1. The molecule has 0 spiro atoms. The van der Waals surface area contributed by atoms with Gasteiger partial charge in [0.2, 0.25) is 5.91 Å². The van der Waals surface area contributed by atoms with Crippen LogP contribution in [0.2, 0.25) is 0 Å². The van der Waals surface area contributed by atoms with E-state index < -0.39 is 0 Å². The van der Waals surface area contributed by atoms with Gasteiger partial charge in [0.15, 0.2) is 11.5 Å². The summed E-state index contributed by atoms with van der Waals surface area (Å²) >= 11 is 0. The Morgan fingerprint density at radius 2 is 1.35 bits per heavy atom. The Hall–Kier alpha value is -2.04. The van der Waals surface area contributed by atoms with Crippen LogP contribution in [0.25, 0.3) is 0 Å². The average molecular weight is 434 g/mol. The third-order valence-corrected chi connectivity index (χ3v) is 5.43. The summed E-state index contributed by atoms with van der Waals surface area (Å²) in [6.45, 7) is 4.84. The highest BCUT2D eigenvalue weighted by atomic mass is 16.6. The van der Waals surface area contributed by atoms with Crippen LogP contribution in [0, 0.1) is 0 Å². The van der Waals surface area contributed by atoms with Gasteiger partial charge in [-0.2, -0.15) is 0 Å². The molecule has 0 saturated heterocycles. The third-order valence-electron chi connectivity index (χ3n) is 5.43. The minimum Gasteiger partial charge on any atom is -0.493 e. The van der Waals surface area contributed by atoms with Gasteiger partial charge in [-0.05, 0) is 30.5 Å². The number of ether oxygens (including phenoxy) is 2. The topological polar surface area (TPSA) is 64.6 Å². The molecule has 0 aliphatic rings. The van der Waals surface area contributed by atoms with Crippen LogP contribution >= 0.6 is 0 Å². The van der Waals surface area contributed by atoms with Crippen LogP contribution in [0.5, 0.6) is 11.5 Å². The molecule has 0 fully saturated rings. The Balaban J connectivity index is 2.34. The molecule has 0 aromatic heterocycles. The molecule has 0 heterocycles. The van der Waals surface area contributed by atoms with E-state index in [4.69, 9.17) is 9.47 Å². The standard InChI is InChI=1S/C26H43NO4/c1-4-6-8-10-12-14-16-25(28)27-21-22-18-19-23(24(20-22)30-3)31-26(29)17-15-13-11-9-7-5-2/h18-20H,4-17,21H2,1-3H3,(H,27,28). The molecule has 176 valence electrons. The first kappa shape index (κ1) is 27.0. The summed E-state index contributed by atoms with van der Waals surface area (Å²) in [5.74, 6) is 0.789. The van der Waals surface area contributed by atoms with Crippen molar-refractivity contribution in [3.05, 3.63) is 23.8 Å². The molecular weight excluding hydrogens is 390 g/mol. The molecule has 0 radical (unpaired) electrons. The minimum atomic E-state index is -0.228. The summed E-state index contributed by atoms with van der Waals surface area (Å²) < 4.78 is 10.9. The molecule has 1 N–H and O–H groups in total. The smallest absolute Gasteiger partial charge is 0.311 e. The van der Waals surface area contributed by atoms with E-state index in [9.17, 15) is 9.59 Å². The summed E-state index contributed by atoms with van der Waals surface area (Å²) in [5.41, 5.74) is 0.920. The van der Waals surface area contributed by atoms with Crippen molar-refractivity contribution in [1.29, 1.82) is 0 Å². The molecule has 0 aliphatic heterocycles. The number of nitrogens with one attached hydrogen (secondary N) is 1. The summed E-state index contributed by atoms with van der Waals surface area (Å²) in [4.78, 5) is 24.2. The van der Waals surface area contributed by atoms with Gasteiger partial charge in [0.1, 0.15) is 0 Å². The Morgan fingerprint density at radius 3 is 1.97 bits per heavy atom. The van der Waals surface area contributed by atoms with E-state index >= 15 is 0 Å². The van der Waals surface area contributed by atoms with Crippen LogP contribution in [0.4, 0.5) is 0 Å². The lowest BCUT2D eigenvalue weighted by Gasteiger charge is -2.12. The van der Waals surface area contributed by atoms with E-state index in [1.54, 1.807) is 13.2 Å². The fourth-order valence-corrected chi connectivity index (χ4v) is 3.48.